The molecule has 2 aliphatic heterocycles. The van der Waals surface area contributed by atoms with Gasteiger partial charge in [0.15, 0.2) is 11.5 Å². The Labute approximate surface area is 192 Å². The Morgan fingerprint density at radius 3 is 2.64 bits per heavy atom. The van der Waals surface area contributed by atoms with Gasteiger partial charge in [0.05, 0.1) is 32.3 Å². The maximum atomic E-state index is 12.7. The molecule has 0 bridgehead atoms. The largest absolute Gasteiger partial charge is 0.497 e. The molecule has 2 amide bonds. The molecule has 2 aromatic rings. The number of nitrogens with one attached hydrogen (secondary N) is 2. The lowest BCUT2D eigenvalue weighted by atomic mass is 9.96. The van der Waals surface area contributed by atoms with Crippen LogP contribution in [0.2, 0.25) is 0 Å². The number of aliphatic hydroxyl groups excluding tert-OH is 1. The molecule has 9 nitrogen and oxygen atoms in total. The normalized spacial score (nSPS) is 21.3. The predicted octanol–water partition coefficient (Wildman–Crippen LogP) is 1.77. The van der Waals surface area contributed by atoms with Crippen molar-refractivity contribution in [2.45, 2.75) is 44.1 Å². The summed E-state index contributed by atoms with van der Waals surface area (Å²) in [4.78, 5) is 25.0. The molecule has 0 aliphatic carbocycles. The highest BCUT2D eigenvalue weighted by Crippen LogP contribution is 2.32. The summed E-state index contributed by atoms with van der Waals surface area (Å²) >= 11 is 0. The van der Waals surface area contributed by atoms with Gasteiger partial charge in [-0.25, -0.2) is 0 Å². The van der Waals surface area contributed by atoms with Crippen molar-refractivity contribution in [1.82, 2.24) is 10.6 Å². The zero-order chi connectivity index (χ0) is 23.2. The van der Waals surface area contributed by atoms with Gasteiger partial charge in [-0.3, -0.25) is 9.59 Å². The fraction of sp³-hybridized carbons (Fsp3) is 0.417. The maximum absolute atomic E-state index is 12.7. The van der Waals surface area contributed by atoms with E-state index in [-0.39, 0.29) is 43.8 Å². The van der Waals surface area contributed by atoms with Gasteiger partial charge in [-0.1, -0.05) is 12.1 Å². The molecule has 0 saturated carbocycles. The fourth-order valence-corrected chi connectivity index (χ4v) is 3.96. The third-order valence-corrected chi connectivity index (χ3v) is 5.81. The van der Waals surface area contributed by atoms with E-state index in [9.17, 15) is 14.7 Å². The van der Waals surface area contributed by atoms with E-state index in [4.69, 9.17) is 18.9 Å². The van der Waals surface area contributed by atoms with Crippen molar-refractivity contribution in [3.8, 4) is 17.2 Å². The highest BCUT2D eigenvalue weighted by atomic mass is 16.7. The molecule has 0 spiro atoms. The first kappa shape index (κ1) is 22.9. The van der Waals surface area contributed by atoms with E-state index in [0.717, 1.165) is 11.3 Å². The van der Waals surface area contributed by atoms with Crippen LogP contribution in [0.3, 0.4) is 0 Å². The molecule has 1 fully saturated rings. The van der Waals surface area contributed by atoms with Crippen LogP contribution >= 0.6 is 0 Å². The summed E-state index contributed by atoms with van der Waals surface area (Å²) in [7, 11) is 1.61. The number of aliphatic hydroxyl groups is 1. The molecular formula is C24H28N2O7. The summed E-state index contributed by atoms with van der Waals surface area (Å²) in [5.41, 5.74) is 1.41. The van der Waals surface area contributed by atoms with Crippen LogP contribution in [-0.2, 0) is 16.1 Å². The smallest absolute Gasteiger partial charge is 0.251 e. The van der Waals surface area contributed by atoms with Gasteiger partial charge >= 0.3 is 0 Å². The summed E-state index contributed by atoms with van der Waals surface area (Å²) in [6, 6.07) is 12.1. The van der Waals surface area contributed by atoms with Gasteiger partial charge in [-0.05, 0) is 48.7 Å². The van der Waals surface area contributed by atoms with Gasteiger partial charge in [0.25, 0.3) is 5.91 Å². The van der Waals surface area contributed by atoms with Crippen molar-refractivity contribution in [3.05, 3.63) is 53.6 Å². The number of benzene rings is 2. The number of hydrogen-bond donors (Lipinski definition) is 3. The quantitative estimate of drug-likeness (QED) is 0.555. The molecule has 3 atom stereocenters. The van der Waals surface area contributed by atoms with Crippen LogP contribution in [0.25, 0.3) is 0 Å². The zero-order valence-electron chi connectivity index (χ0n) is 18.4. The predicted molar refractivity (Wildman–Crippen MR) is 118 cm³/mol. The van der Waals surface area contributed by atoms with E-state index in [1.807, 2.05) is 24.3 Å². The molecule has 0 aromatic heterocycles. The molecule has 0 radical (unpaired) electrons. The highest BCUT2D eigenvalue weighted by molar-refractivity contribution is 5.95. The number of fused-ring (bicyclic) bond motifs is 1. The average molecular weight is 456 g/mol. The van der Waals surface area contributed by atoms with Crippen molar-refractivity contribution in [1.29, 1.82) is 0 Å². The first-order chi connectivity index (χ1) is 16.1. The Bertz CT molecular complexity index is 979. The number of carbonyl (C=O) groups excluding carboxylic acids is 2. The van der Waals surface area contributed by atoms with Crippen molar-refractivity contribution in [3.63, 3.8) is 0 Å². The third-order valence-electron chi connectivity index (χ3n) is 5.81. The third kappa shape index (κ3) is 5.74. The lowest BCUT2D eigenvalue weighted by molar-refractivity contribution is -0.131. The van der Waals surface area contributed by atoms with Gasteiger partial charge in [0.2, 0.25) is 12.7 Å². The topological polar surface area (TPSA) is 115 Å². The van der Waals surface area contributed by atoms with Crippen LogP contribution in [0.15, 0.2) is 42.5 Å². The van der Waals surface area contributed by atoms with Crippen molar-refractivity contribution in [2.75, 3.05) is 20.5 Å². The van der Waals surface area contributed by atoms with Gasteiger partial charge in [-0.15, -0.1) is 0 Å². The van der Waals surface area contributed by atoms with Crippen LogP contribution in [0.4, 0.5) is 0 Å². The van der Waals surface area contributed by atoms with Crippen molar-refractivity contribution >= 4 is 11.8 Å². The Kier molecular flexibility index (Phi) is 7.31. The molecule has 0 unspecified atom stereocenters. The second kappa shape index (κ2) is 10.5. The molecule has 33 heavy (non-hydrogen) atoms. The summed E-state index contributed by atoms with van der Waals surface area (Å²) < 4.78 is 21.6. The summed E-state index contributed by atoms with van der Waals surface area (Å²) in [6.45, 7) is 0.293. The molecule has 2 heterocycles. The van der Waals surface area contributed by atoms with Gasteiger partial charge in [0, 0.05) is 12.1 Å². The Balaban J connectivity index is 1.25. The SMILES string of the molecule is COc1ccc(CNC(=O)C[C@H]2CC[C@@H](NC(=O)c3ccc4c(c3)OCO4)[C@@H](CO)O2)cc1. The lowest BCUT2D eigenvalue weighted by Crippen LogP contribution is -2.51. The zero-order valence-corrected chi connectivity index (χ0v) is 18.4. The number of ether oxygens (including phenoxy) is 4. The molecule has 4 rings (SSSR count). The molecule has 3 N–H and O–H groups in total. The first-order valence-electron chi connectivity index (χ1n) is 10.9. The van der Waals surface area contributed by atoms with Crippen molar-refractivity contribution in [2.24, 2.45) is 0 Å². The van der Waals surface area contributed by atoms with Crippen LogP contribution in [-0.4, -0.2) is 55.7 Å². The first-order valence-corrected chi connectivity index (χ1v) is 10.9. The van der Waals surface area contributed by atoms with Gasteiger partial charge in [-0.2, -0.15) is 0 Å². The second-order valence-electron chi connectivity index (χ2n) is 8.03. The van der Waals surface area contributed by atoms with Crippen LogP contribution < -0.4 is 24.8 Å². The minimum absolute atomic E-state index is 0.129. The van der Waals surface area contributed by atoms with E-state index in [1.54, 1.807) is 25.3 Å². The number of amides is 2. The standard InChI is InChI=1S/C24H28N2O7/c1-30-17-5-2-15(3-6-17)12-25-23(28)11-18-7-8-19(22(13-27)33-18)26-24(29)16-4-9-20-21(10-16)32-14-31-20/h2-6,9-10,18-19,22,27H,7-8,11-14H2,1H3,(H,25,28)(H,26,29)/t18-,19-,22-/m1/s1. The minimum Gasteiger partial charge on any atom is -0.497 e. The van der Waals surface area contributed by atoms with Crippen molar-refractivity contribution < 1.29 is 33.6 Å². The average Bonchev–Trinajstić information content (AvgIpc) is 3.32. The number of carbonyl (C=O) groups is 2. The summed E-state index contributed by atoms with van der Waals surface area (Å²) in [6.07, 6.45) is 0.471. The molecule has 2 aliphatic rings. The molecule has 176 valence electrons. The van der Waals surface area contributed by atoms with Gasteiger partial charge in [0.1, 0.15) is 11.9 Å². The molecular weight excluding hydrogens is 428 g/mol. The number of methoxy groups -OCH3 is 1. The van der Waals surface area contributed by atoms with Crippen LogP contribution in [0, 0.1) is 0 Å². The lowest BCUT2D eigenvalue weighted by Gasteiger charge is -2.36. The van der Waals surface area contributed by atoms with Gasteiger partial charge < -0.3 is 34.7 Å². The number of rotatable bonds is 8. The molecule has 1 saturated heterocycles. The van der Waals surface area contributed by atoms with E-state index >= 15 is 0 Å². The highest BCUT2D eigenvalue weighted by Gasteiger charge is 2.33. The van der Waals surface area contributed by atoms with E-state index < -0.39 is 6.10 Å². The fourth-order valence-electron chi connectivity index (χ4n) is 3.96. The Hall–Kier alpha value is -3.30. The number of hydrogen-bond acceptors (Lipinski definition) is 7. The van der Waals surface area contributed by atoms with E-state index in [2.05, 4.69) is 10.6 Å². The molecule has 9 heteroatoms. The Morgan fingerprint density at radius 2 is 1.88 bits per heavy atom. The summed E-state index contributed by atoms with van der Waals surface area (Å²) in [5, 5.41) is 15.6. The minimum atomic E-state index is -0.587. The molecule has 2 aromatic carbocycles. The van der Waals surface area contributed by atoms with E-state index in [0.29, 0.717) is 36.4 Å². The maximum Gasteiger partial charge on any atom is 0.251 e. The van der Waals surface area contributed by atoms with Crippen LogP contribution in [0.1, 0.15) is 35.2 Å². The van der Waals surface area contributed by atoms with E-state index in [1.165, 1.54) is 0 Å². The monoisotopic (exact) mass is 456 g/mol. The summed E-state index contributed by atoms with van der Waals surface area (Å²) in [5.74, 6) is 1.48. The Morgan fingerprint density at radius 1 is 1.09 bits per heavy atom. The van der Waals surface area contributed by atoms with Crippen LogP contribution in [0.5, 0.6) is 17.2 Å². The second-order valence-corrected chi connectivity index (χ2v) is 8.03.